The molecule has 140 valence electrons. The van der Waals surface area contributed by atoms with Crippen molar-refractivity contribution in [2.24, 2.45) is 11.5 Å². The summed E-state index contributed by atoms with van der Waals surface area (Å²) in [6.45, 7) is 2.62. The van der Waals surface area contributed by atoms with E-state index in [1.807, 2.05) is 6.07 Å². The summed E-state index contributed by atoms with van der Waals surface area (Å²) in [5.74, 6) is 0.536. The van der Waals surface area contributed by atoms with Crippen molar-refractivity contribution in [3.8, 4) is 0 Å². The van der Waals surface area contributed by atoms with Crippen LogP contribution in [-0.4, -0.2) is 11.5 Å². The maximum Gasteiger partial charge on any atom is 0.213 e. The van der Waals surface area contributed by atoms with Crippen LogP contribution in [-0.2, 0) is 6.42 Å². The van der Waals surface area contributed by atoms with Crippen molar-refractivity contribution in [3.63, 3.8) is 0 Å². The standard InChI is InChI=1S/C21H35N3O/c1-2-3-4-5-6-7-8-9-10-11-12-17-13-14-20-19(15-17)24-21(25-20)18(23)16-22/h13-15,18H,2-12,16,22-23H2,1H3. The van der Waals surface area contributed by atoms with Crippen LogP contribution in [0.2, 0.25) is 0 Å². The first-order chi connectivity index (χ1) is 12.2. The molecule has 0 bridgehead atoms. The van der Waals surface area contributed by atoms with Crippen LogP contribution in [0.5, 0.6) is 0 Å². The summed E-state index contributed by atoms with van der Waals surface area (Å²) in [5.41, 5.74) is 14.5. The fraction of sp³-hybridized carbons (Fsp3) is 0.667. The van der Waals surface area contributed by atoms with Gasteiger partial charge in [0.2, 0.25) is 5.89 Å². The van der Waals surface area contributed by atoms with Gasteiger partial charge in [0.05, 0.1) is 6.04 Å². The van der Waals surface area contributed by atoms with Crippen LogP contribution in [0.25, 0.3) is 11.1 Å². The number of nitrogens with zero attached hydrogens (tertiary/aromatic N) is 1. The van der Waals surface area contributed by atoms with Crippen LogP contribution in [0.15, 0.2) is 22.6 Å². The third-order valence-electron chi connectivity index (χ3n) is 4.86. The molecule has 25 heavy (non-hydrogen) atoms. The van der Waals surface area contributed by atoms with Crippen molar-refractivity contribution in [2.45, 2.75) is 83.6 Å². The van der Waals surface area contributed by atoms with Crippen LogP contribution >= 0.6 is 0 Å². The highest BCUT2D eigenvalue weighted by atomic mass is 16.3. The maximum absolute atomic E-state index is 5.89. The topological polar surface area (TPSA) is 78.1 Å². The Kier molecular flexibility index (Phi) is 8.98. The van der Waals surface area contributed by atoms with Crippen LogP contribution in [0.4, 0.5) is 0 Å². The molecule has 1 atom stereocenters. The Labute approximate surface area is 152 Å². The molecule has 1 aromatic heterocycles. The summed E-state index contributed by atoms with van der Waals surface area (Å²) in [5, 5.41) is 0. The summed E-state index contributed by atoms with van der Waals surface area (Å²) in [6.07, 6.45) is 14.8. The van der Waals surface area contributed by atoms with Gasteiger partial charge in [0, 0.05) is 6.54 Å². The van der Waals surface area contributed by atoms with E-state index < -0.39 is 0 Å². The second-order valence-electron chi connectivity index (χ2n) is 7.13. The van der Waals surface area contributed by atoms with E-state index in [2.05, 4.69) is 24.0 Å². The second-order valence-corrected chi connectivity index (χ2v) is 7.13. The smallest absolute Gasteiger partial charge is 0.213 e. The lowest BCUT2D eigenvalue weighted by atomic mass is 10.0. The van der Waals surface area contributed by atoms with Crippen molar-refractivity contribution < 1.29 is 4.42 Å². The molecule has 1 aromatic carbocycles. The van der Waals surface area contributed by atoms with Crippen LogP contribution in [0.1, 0.15) is 88.6 Å². The Hall–Kier alpha value is -1.39. The minimum absolute atomic E-state index is 0.321. The van der Waals surface area contributed by atoms with Gasteiger partial charge in [0.1, 0.15) is 5.52 Å². The van der Waals surface area contributed by atoms with Crippen molar-refractivity contribution >= 4 is 11.1 Å². The highest BCUT2D eigenvalue weighted by Gasteiger charge is 2.12. The van der Waals surface area contributed by atoms with Gasteiger partial charge in [-0.15, -0.1) is 0 Å². The van der Waals surface area contributed by atoms with E-state index in [0.717, 1.165) is 17.5 Å². The third-order valence-corrected chi connectivity index (χ3v) is 4.86. The van der Waals surface area contributed by atoms with E-state index >= 15 is 0 Å². The number of benzene rings is 1. The predicted molar refractivity (Wildman–Crippen MR) is 106 cm³/mol. The molecule has 4 N–H and O–H groups in total. The van der Waals surface area contributed by atoms with Gasteiger partial charge in [-0.1, -0.05) is 70.8 Å². The molecule has 0 saturated heterocycles. The van der Waals surface area contributed by atoms with Crippen molar-refractivity contribution in [1.82, 2.24) is 4.98 Å². The Bertz CT molecular complexity index is 608. The summed E-state index contributed by atoms with van der Waals surface area (Å²) >= 11 is 0. The molecule has 2 rings (SSSR count). The molecule has 4 nitrogen and oxygen atoms in total. The first-order valence-corrected chi connectivity index (χ1v) is 10.1. The van der Waals surface area contributed by atoms with E-state index in [4.69, 9.17) is 15.9 Å². The number of hydrogen-bond donors (Lipinski definition) is 2. The number of fused-ring (bicyclic) bond motifs is 1. The fourth-order valence-electron chi connectivity index (χ4n) is 3.22. The first kappa shape index (κ1) is 19.9. The summed E-state index contributed by atoms with van der Waals surface area (Å²) in [7, 11) is 0. The fourth-order valence-corrected chi connectivity index (χ4v) is 3.22. The molecule has 4 heteroatoms. The van der Waals surface area contributed by atoms with Gasteiger partial charge in [-0.25, -0.2) is 4.98 Å². The molecule has 2 aromatic rings. The van der Waals surface area contributed by atoms with Gasteiger partial charge in [0.25, 0.3) is 0 Å². The number of rotatable bonds is 13. The van der Waals surface area contributed by atoms with Crippen LogP contribution in [0, 0.1) is 0 Å². The summed E-state index contributed by atoms with van der Waals surface area (Å²) in [4.78, 5) is 4.47. The number of aromatic nitrogens is 1. The SMILES string of the molecule is CCCCCCCCCCCCc1ccc2oc(C(N)CN)nc2c1. The molecule has 1 heterocycles. The van der Waals surface area contributed by atoms with Crippen molar-refractivity contribution in [2.75, 3.05) is 6.54 Å². The Morgan fingerprint density at radius 1 is 0.960 bits per heavy atom. The number of aryl methyl sites for hydroxylation is 1. The van der Waals surface area contributed by atoms with E-state index in [1.165, 1.54) is 69.8 Å². The minimum Gasteiger partial charge on any atom is -0.439 e. The highest BCUT2D eigenvalue weighted by Crippen LogP contribution is 2.21. The van der Waals surface area contributed by atoms with Crippen molar-refractivity contribution in [1.29, 1.82) is 0 Å². The maximum atomic E-state index is 5.89. The van der Waals surface area contributed by atoms with Gasteiger partial charge < -0.3 is 15.9 Å². The monoisotopic (exact) mass is 345 g/mol. The van der Waals surface area contributed by atoms with E-state index in [-0.39, 0.29) is 6.04 Å². The molecule has 0 aliphatic carbocycles. The van der Waals surface area contributed by atoms with E-state index in [0.29, 0.717) is 12.4 Å². The highest BCUT2D eigenvalue weighted by molar-refractivity contribution is 5.73. The number of unbranched alkanes of at least 4 members (excludes halogenated alkanes) is 9. The second kappa shape index (κ2) is 11.3. The van der Waals surface area contributed by atoms with E-state index in [1.54, 1.807) is 0 Å². The quantitative estimate of drug-likeness (QED) is 0.486. The molecule has 0 saturated carbocycles. The number of hydrogen-bond acceptors (Lipinski definition) is 4. The molecule has 0 aliphatic heterocycles. The molecule has 0 aliphatic rings. The molecule has 1 unspecified atom stereocenters. The Morgan fingerprint density at radius 2 is 1.60 bits per heavy atom. The molecule has 0 amide bonds. The molecule has 0 radical (unpaired) electrons. The lowest BCUT2D eigenvalue weighted by Crippen LogP contribution is -2.20. The van der Waals surface area contributed by atoms with E-state index in [9.17, 15) is 0 Å². The van der Waals surface area contributed by atoms with Gasteiger partial charge in [-0.05, 0) is 30.5 Å². The Morgan fingerprint density at radius 3 is 2.24 bits per heavy atom. The number of nitrogens with two attached hydrogens (primary N) is 2. The molecule has 0 fully saturated rings. The first-order valence-electron chi connectivity index (χ1n) is 10.1. The molecular weight excluding hydrogens is 310 g/mol. The molecular formula is C21H35N3O. The average molecular weight is 346 g/mol. The summed E-state index contributed by atoms with van der Waals surface area (Å²) in [6, 6.07) is 5.94. The lowest BCUT2D eigenvalue weighted by Gasteiger charge is -2.03. The molecule has 0 spiro atoms. The average Bonchev–Trinajstić information content (AvgIpc) is 3.06. The van der Waals surface area contributed by atoms with Gasteiger partial charge in [-0.3, -0.25) is 0 Å². The van der Waals surface area contributed by atoms with Gasteiger partial charge in [-0.2, -0.15) is 0 Å². The van der Waals surface area contributed by atoms with Gasteiger partial charge in [0.15, 0.2) is 5.58 Å². The third kappa shape index (κ3) is 6.79. The zero-order chi connectivity index (χ0) is 17.9. The van der Waals surface area contributed by atoms with Crippen LogP contribution in [0.3, 0.4) is 0 Å². The normalized spacial score (nSPS) is 12.8. The largest absolute Gasteiger partial charge is 0.439 e. The minimum atomic E-state index is -0.321. The Balaban J connectivity index is 1.64. The van der Waals surface area contributed by atoms with Crippen molar-refractivity contribution in [3.05, 3.63) is 29.7 Å². The summed E-state index contributed by atoms with van der Waals surface area (Å²) < 4.78 is 5.66. The number of oxazole rings is 1. The lowest BCUT2D eigenvalue weighted by molar-refractivity contribution is 0.480. The van der Waals surface area contributed by atoms with Crippen LogP contribution < -0.4 is 11.5 Å². The zero-order valence-electron chi connectivity index (χ0n) is 15.8. The zero-order valence-corrected chi connectivity index (χ0v) is 15.8. The predicted octanol–water partition coefficient (Wildman–Crippen LogP) is 5.25. The van der Waals surface area contributed by atoms with Gasteiger partial charge >= 0.3 is 0 Å².